The van der Waals surface area contributed by atoms with E-state index in [1.165, 1.54) is 16.8 Å². The number of nitrogens with zero attached hydrogens (tertiary/aromatic N) is 4. The van der Waals surface area contributed by atoms with Crippen molar-refractivity contribution >= 4 is 29.9 Å². The highest BCUT2D eigenvalue weighted by Gasteiger charge is 2.19. The van der Waals surface area contributed by atoms with E-state index in [9.17, 15) is 0 Å². The van der Waals surface area contributed by atoms with Crippen molar-refractivity contribution in [2.24, 2.45) is 12.0 Å². The van der Waals surface area contributed by atoms with Gasteiger partial charge in [-0.3, -0.25) is 9.58 Å². The van der Waals surface area contributed by atoms with Gasteiger partial charge in [-0.2, -0.15) is 5.10 Å². The maximum Gasteiger partial charge on any atom is 0.191 e. The number of rotatable bonds is 10. The number of piperidine rings is 1. The summed E-state index contributed by atoms with van der Waals surface area (Å²) in [7, 11) is 1.98. The van der Waals surface area contributed by atoms with Crippen LogP contribution in [0.3, 0.4) is 0 Å². The minimum Gasteiger partial charge on any atom is -0.378 e. The van der Waals surface area contributed by atoms with Crippen molar-refractivity contribution in [3.8, 4) is 0 Å². The first-order valence-electron chi connectivity index (χ1n) is 12.0. The van der Waals surface area contributed by atoms with Gasteiger partial charge in [0.25, 0.3) is 0 Å². The monoisotopic (exact) mass is 568 g/mol. The summed E-state index contributed by atoms with van der Waals surface area (Å²) in [4.78, 5) is 7.27. The van der Waals surface area contributed by atoms with Crippen molar-refractivity contribution in [3.63, 3.8) is 0 Å². The van der Waals surface area contributed by atoms with Crippen LogP contribution in [0.15, 0.2) is 35.3 Å². The first-order valence-corrected chi connectivity index (χ1v) is 12.0. The second kappa shape index (κ2) is 14.6. The molecule has 1 fully saturated rings. The number of hydrogen-bond acceptors (Lipinski definition) is 4. The molecule has 1 aliphatic heterocycles. The topological polar surface area (TPSA) is 66.7 Å². The Morgan fingerprint density at radius 3 is 2.52 bits per heavy atom. The average molecular weight is 569 g/mol. The third kappa shape index (κ3) is 8.90. The third-order valence-corrected chi connectivity index (χ3v) is 6.15. The first-order chi connectivity index (χ1) is 15.6. The van der Waals surface area contributed by atoms with Crippen LogP contribution in [0, 0.1) is 13.8 Å². The smallest absolute Gasteiger partial charge is 0.191 e. The van der Waals surface area contributed by atoms with Gasteiger partial charge in [0.05, 0.1) is 18.3 Å². The standard InChI is InChI=1S/C25H40N6O.HI/c1-5-26-25(28-18-24-20(2)29-30(4)21(24)3)27-14-9-17-32-23-12-15-31(16-13-23)19-22-10-7-6-8-11-22;/h6-8,10-11,23H,5,9,12-19H2,1-4H3,(H2,26,27,28);1H. The van der Waals surface area contributed by atoms with Crippen LogP contribution >= 0.6 is 24.0 Å². The van der Waals surface area contributed by atoms with E-state index in [-0.39, 0.29) is 24.0 Å². The van der Waals surface area contributed by atoms with Crippen molar-refractivity contribution in [3.05, 3.63) is 52.8 Å². The van der Waals surface area contributed by atoms with E-state index >= 15 is 0 Å². The molecule has 33 heavy (non-hydrogen) atoms. The second-order valence-corrected chi connectivity index (χ2v) is 8.58. The fourth-order valence-electron chi connectivity index (χ4n) is 4.15. The number of nitrogens with one attached hydrogen (secondary N) is 2. The van der Waals surface area contributed by atoms with Crippen LogP contribution in [0.1, 0.15) is 48.7 Å². The summed E-state index contributed by atoms with van der Waals surface area (Å²) in [5, 5.41) is 11.2. The van der Waals surface area contributed by atoms with E-state index in [1.54, 1.807) is 0 Å². The van der Waals surface area contributed by atoms with Gasteiger partial charge in [-0.15, -0.1) is 24.0 Å². The summed E-state index contributed by atoms with van der Waals surface area (Å²) in [5.74, 6) is 0.851. The molecule has 3 rings (SSSR count). The predicted octanol–water partition coefficient (Wildman–Crippen LogP) is 3.78. The first kappa shape index (κ1) is 27.6. The second-order valence-electron chi connectivity index (χ2n) is 8.58. The van der Waals surface area contributed by atoms with Gasteiger partial charge in [-0.25, -0.2) is 4.99 Å². The minimum atomic E-state index is 0. The highest BCUT2D eigenvalue weighted by Crippen LogP contribution is 2.16. The van der Waals surface area contributed by atoms with Crippen molar-refractivity contribution in [1.29, 1.82) is 0 Å². The number of likely N-dealkylation sites (tertiary alicyclic amines) is 1. The zero-order valence-electron chi connectivity index (χ0n) is 20.6. The molecule has 0 amide bonds. The van der Waals surface area contributed by atoms with E-state index in [2.05, 4.69) is 64.8 Å². The number of aryl methyl sites for hydroxylation is 2. The van der Waals surface area contributed by atoms with Crippen LogP contribution in [0.4, 0.5) is 0 Å². The molecule has 1 aromatic heterocycles. The average Bonchev–Trinajstić information content (AvgIpc) is 3.04. The minimum absolute atomic E-state index is 0. The zero-order valence-corrected chi connectivity index (χ0v) is 23.0. The highest BCUT2D eigenvalue weighted by molar-refractivity contribution is 14.0. The lowest BCUT2D eigenvalue weighted by Crippen LogP contribution is -2.38. The molecule has 0 radical (unpaired) electrons. The molecule has 0 atom stereocenters. The van der Waals surface area contributed by atoms with Gasteiger partial charge in [-0.05, 0) is 45.6 Å². The number of halogens is 1. The Morgan fingerprint density at radius 1 is 1.15 bits per heavy atom. The van der Waals surface area contributed by atoms with E-state index in [1.807, 2.05) is 18.7 Å². The molecule has 2 N–H and O–H groups in total. The number of hydrogen-bond donors (Lipinski definition) is 2. The molecule has 0 aliphatic carbocycles. The molecule has 2 aromatic rings. The Bertz CT molecular complexity index is 846. The van der Waals surface area contributed by atoms with Gasteiger partial charge in [-0.1, -0.05) is 30.3 Å². The predicted molar refractivity (Wildman–Crippen MR) is 146 cm³/mol. The van der Waals surface area contributed by atoms with Crippen molar-refractivity contribution in [2.75, 3.05) is 32.8 Å². The quantitative estimate of drug-likeness (QED) is 0.198. The largest absolute Gasteiger partial charge is 0.378 e. The van der Waals surface area contributed by atoms with Crippen LogP contribution in [0.25, 0.3) is 0 Å². The third-order valence-electron chi connectivity index (χ3n) is 6.15. The number of aromatic nitrogens is 2. The Balaban J connectivity index is 0.00000385. The molecule has 1 aromatic carbocycles. The lowest BCUT2D eigenvalue weighted by molar-refractivity contribution is 0.00534. The van der Waals surface area contributed by atoms with E-state index in [0.717, 1.165) is 70.2 Å². The summed E-state index contributed by atoms with van der Waals surface area (Å²) < 4.78 is 8.07. The molecule has 184 valence electrons. The van der Waals surface area contributed by atoms with Crippen molar-refractivity contribution < 1.29 is 4.74 Å². The summed E-state index contributed by atoms with van der Waals surface area (Å²) in [6, 6.07) is 10.7. The molecule has 0 spiro atoms. The molecule has 1 saturated heterocycles. The molecule has 2 heterocycles. The van der Waals surface area contributed by atoms with Crippen LogP contribution < -0.4 is 10.6 Å². The van der Waals surface area contributed by atoms with Crippen molar-refractivity contribution in [2.45, 2.75) is 59.2 Å². The summed E-state index contributed by atoms with van der Waals surface area (Å²) in [6.45, 7) is 12.6. The summed E-state index contributed by atoms with van der Waals surface area (Å²) >= 11 is 0. The Kier molecular flexibility index (Phi) is 12.2. The van der Waals surface area contributed by atoms with Crippen LogP contribution in [0.2, 0.25) is 0 Å². The number of aliphatic imine (C=N–C) groups is 1. The van der Waals surface area contributed by atoms with E-state index in [4.69, 9.17) is 9.73 Å². The van der Waals surface area contributed by atoms with E-state index < -0.39 is 0 Å². The Morgan fingerprint density at radius 2 is 1.88 bits per heavy atom. The van der Waals surface area contributed by atoms with Crippen LogP contribution in [-0.2, 0) is 24.9 Å². The molecular formula is C25H41IN6O. The van der Waals surface area contributed by atoms with E-state index in [0.29, 0.717) is 12.6 Å². The van der Waals surface area contributed by atoms with Gasteiger partial charge in [0.2, 0.25) is 0 Å². The Hall–Kier alpha value is -1.65. The number of benzene rings is 1. The lowest BCUT2D eigenvalue weighted by Gasteiger charge is -2.32. The zero-order chi connectivity index (χ0) is 22.8. The van der Waals surface area contributed by atoms with Gasteiger partial charge in [0.15, 0.2) is 5.96 Å². The fourth-order valence-corrected chi connectivity index (χ4v) is 4.15. The summed E-state index contributed by atoms with van der Waals surface area (Å²) in [6.07, 6.45) is 3.60. The van der Waals surface area contributed by atoms with Crippen LogP contribution in [-0.4, -0.2) is 59.5 Å². The van der Waals surface area contributed by atoms with Crippen molar-refractivity contribution in [1.82, 2.24) is 25.3 Å². The molecule has 0 saturated carbocycles. The normalized spacial score (nSPS) is 15.3. The molecule has 8 heteroatoms. The Labute approximate surface area is 216 Å². The molecule has 0 bridgehead atoms. The summed E-state index contributed by atoms with van der Waals surface area (Å²) in [5.41, 5.74) is 4.81. The fraction of sp³-hybridized carbons (Fsp3) is 0.600. The maximum atomic E-state index is 6.15. The van der Waals surface area contributed by atoms with Crippen LogP contribution in [0.5, 0.6) is 0 Å². The van der Waals surface area contributed by atoms with Gasteiger partial charge >= 0.3 is 0 Å². The molecule has 7 nitrogen and oxygen atoms in total. The molecular weight excluding hydrogens is 527 g/mol. The number of guanidine groups is 1. The van der Waals surface area contributed by atoms with Gasteiger partial charge in [0, 0.05) is 57.6 Å². The maximum absolute atomic E-state index is 6.15. The van der Waals surface area contributed by atoms with Gasteiger partial charge < -0.3 is 15.4 Å². The lowest BCUT2D eigenvalue weighted by atomic mass is 10.1. The highest BCUT2D eigenvalue weighted by atomic mass is 127. The SMILES string of the molecule is CCNC(=NCc1c(C)nn(C)c1C)NCCCOC1CCN(Cc2ccccc2)CC1.I. The van der Waals surface area contributed by atoms with Gasteiger partial charge in [0.1, 0.15) is 0 Å². The molecule has 0 unspecified atom stereocenters. The molecule has 1 aliphatic rings. The number of ether oxygens (including phenoxy) is 1.